The first kappa shape index (κ1) is 19.9. The SMILES string of the molecule is CN(c1ccc(C(=O)Nc2cccc(F)c2)cc1)S(=O)(=O)c1ccc(Cl)cc1. The molecule has 0 aliphatic carbocycles. The molecule has 0 radical (unpaired) electrons. The van der Waals surface area contributed by atoms with Gasteiger partial charge in [-0.05, 0) is 66.7 Å². The number of amides is 1. The van der Waals surface area contributed by atoms with Crippen LogP contribution >= 0.6 is 11.6 Å². The number of halogens is 2. The molecule has 1 amide bonds. The number of anilines is 2. The summed E-state index contributed by atoms with van der Waals surface area (Å²) in [6.45, 7) is 0. The zero-order valence-corrected chi connectivity index (χ0v) is 16.3. The van der Waals surface area contributed by atoms with Gasteiger partial charge in [-0.1, -0.05) is 17.7 Å². The highest BCUT2D eigenvalue weighted by Gasteiger charge is 2.21. The van der Waals surface area contributed by atoms with Gasteiger partial charge in [0.2, 0.25) is 0 Å². The Labute approximate surface area is 167 Å². The van der Waals surface area contributed by atoms with Crippen molar-refractivity contribution >= 4 is 38.9 Å². The van der Waals surface area contributed by atoms with Gasteiger partial charge in [0.1, 0.15) is 5.82 Å². The van der Waals surface area contributed by atoms with Crippen LogP contribution in [0.25, 0.3) is 0 Å². The summed E-state index contributed by atoms with van der Waals surface area (Å²) in [7, 11) is -2.34. The highest BCUT2D eigenvalue weighted by Crippen LogP contribution is 2.24. The molecule has 3 rings (SSSR count). The van der Waals surface area contributed by atoms with E-state index < -0.39 is 21.7 Å². The Hall–Kier alpha value is -2.90. The van der Waals surface area contributed by atoms with Gasteiger partial charge in [-0.25, -0.2) is 12.8 Å². The van der Waals surface area contributed by atoms with Gasteiger partial charge < -0.3 is 5.32 Å². The minimum Gasteiger partial charge on any atom is -0.322 e. The van der Waals surface area contributed by atoms with Gasteiger partial charge in [-0.15, -0.1) is 0 Å². The molecule has 0 saturated heterocycles. The van der Waals surface area contributed by atoms with Crippen molar-refractivity contribution in [2.75, 3.05) is 16.7 Å². The van der Waals surface area contributed by atoms with Crippen LogP contribution in [-0.2, 0) is 10.0 Å². The number of nitrogens with one attached hydrogen (secondary N) is 1. The average Bonchev–Trinajstić information content (AvgIpc) is 2.68. The fourth-order valence-electron chi connectivity index (χ4n) is 2.50. The highest BCUT2D eigenvalue weighted by atomic mass is 35.5. The fourth-order valence-corrected chi connectivity index (χ4v) is 3.82. The Kier molecular flexibility index (Phi) is 5.67. The van der Waals surface area contributed by atoms with E-state index in [0.717, 1.165) is 4.31 Å². The van der Waals surface area contributed by atoms with Crippen molar-refractivity contribution in [3.8, 4) is 0 Å². The molecular formula is C20H16ClFN2O3S. The van der Waals surface area contributed by atoms with Crippen molar-refractivity contribution in [2.24, 2.45) is 0 Å². The summed E-state index contributed by atoms with van der Waals surface area (Å²) in [6, 6.07) is 17.4. The normalized spacial score (nSPS) is 11.1. The molecule has 5 nitrogen and oxygen atoms in total. The van der Waals surface area contributed by atoms with E-state index in [9.17, 15) is 17.6 Å². The van der Waals surface area contributed by atoms with Crippen LogP contribution in [0.3, 0.4) is 0 Å². The van der Waals surface area contributed by atoms with E-state index >= 15 is 0 Å². The molecular weight excluding hydrogens is 403 g/mol. The molecule has 0 bridgehead atoms. The van der Waals surface area contributed by atoms with Crippen molar-refractivity contribution in [2.45, 2.75) is 4.90 Å². The largest absolute Gasteiger partial charge is 0.322 e. The van der Waals surface area contributed by atoms with Crippen LogP contribution in [0.15, 0.2) is 77.7 Å². The molecule has 0 atom stereocenters. The maximum absolute atomic E-state index is 13.2. The first-order valence-electron chi connectivity index (χ1n) is 8.19. The summed E-state index contributed by atoms with van der Waals surface area (Å²) in [5.41, 5.74) is 1.03. The van der Waals surface area contributed by atoms with Crippen LogP contribution in [0.1, 0.15) is 10.4 Å². The zero-order chi connectivity index (χ0) is 20.3. The quantitative estimate of drug-likeness (QED) is 0.660. The van der Waals surface area contributed by atoms with Gasteiger partial charge in [0.15, 0.2) is 0 Å². The molecule has 0 unspecified atom stereocenters. The molecule has 0 fully saturated rings. The lowest BCUT2D eigenvalue weighted by Crippen LogP contribution is -2.26. The number of carbonyl (C=O) groups is 1. The molecule has 0 aromatic heterocycles. The number of hydrogen-bond donors (Lipinski definition) is 1. The van der Waals surface area contributed by atoms with Crippen LogP contribution in [0.4, 0.5) is 15.8 Å². The number of nitrogens with zero attached hydrogens (tertiary/aromatic N) is 1. The van der Waals surface area contributed by atoms with Gasteiger partial charge in [-0.3, -0.25) is 9.10 Å². The van der Waals surface area contributed by atoms with E-state index in [-0.39, 0.29) is 4.90 Å². The van der Waals surface area contributed by atoms with Gasteiger partial charge in [-0.2, -0.15) is 0 Å². The maximum atomic E-state index is 13.2. The first-order valence-corrected chi connectivity index (χ1v) is 10.0. The van der Waals surface area contributed by atoms with Gasteiger partial charge in [0.05, 0.1) is 10.6 Å². The summed E-state index contributed by atoms with van der Waals surface area (Å²) in [4.78, 5) is 12.4. The lowest BCUT2D eigenvalue weighted by atomic mass is 10.2. The van der Waals surface area contributed by atoms with E-state index in [4.69, 9.17) is 11.6 Å². The van der Waals surface area contributed by atoms with Crippen LogP contribution in [0.5, 0.6) is 0 Å². The minimum absolute atomic E-state index is 0.104. The third kappa shape index (κ3) is 4.32. The molecule has 0 aliphatic rings. The van der Waals surface area contributed by atoms with E-state index in [1.54, 1.807) is 6.07 Å². The Bertz CT molecular complexity index is 1100. The predicted octanol–water partition coefficient (Wildman–Crippen LogP) is 4.56. The molecule has 0 heterocycles. The monoisotopic (exact) mass is 418 g/mol. The Morgan fingerprint density at radius 3 is 2.25 bits per heavy atom. The lowest BCUT2D eigenvalue weighted by molar-refractivity contribution is 0.102. The van der Waals surface area contributed by atoms with Crippen LogP contribution < -0.4 is 9.62 Å². The fraction of sp³-hybridized carbons (Fsp3) is 0.0500. The second-order valence-electron chi connectivity index (χ2n) is 5.94. The molecule has 1 N–H and O–H groups in total. The van der Waals surface area contributed by atoms with E-state index in [0.29, 0.717) is 22.0 Å². The number of benzene rings is 3. The van der Waals surface area contributed by atoms with Crippen molar-refractivity contribution < 1.29 is 17.6 Å². The predicted molar refractivity (Wildman–Crippen MR) is 108 cm³/mol. The summed E-state index contributed by atoms with van der Waals surface area (Å²) >= 11 is 5.80. The molecule has 0 aliphatic heterocycles. The average molecular weight is 419 g/mol. The third-order valence-electron chi connectivity index (χ3n) is 4.05. The van der Waals surface area contributed by atoms with Crippen molar-refractivity contribution in [1.82, 2.24) is 0 Å². The topological polar surface area (TPSA) is 66.5 Å². The zero-order valence-electron chi connectivity index (χ0n) is 14.8. The van der Waals surface area contributed by atoms with E-state index in [1.807, 2.05) is 0 Å². The van der Waals surface area contributed by atoms with Gasteiger partial charge >= 0.3 is 0 Å². The van der Waals surface area contributed by atoms with Crippen molar-refractivity contribution in [3.05, 3.63) is 89.2 Å². The summed E-state index contributed by atoms with van der Waals surface area (Å²) < 4.78 is 39.7. The second kappa shape index (κ2) is 8.00. The summed E-state index contributed by atoms with van der Waals surface area (Å²) in [6.07, 6.45) is 0. The van der Waals surface area contributed by atoms with E-state index in [2.05, 4.69) is 5.32 Å². The highest BCUT2D eigenvalue weighted by molar-refractivity contribution is 7.92. The van der Waals surface area contributed by atoms with Crippen molar-refractivity contribution in [1.29, 1.82) is 0 Å². The maximum Gasteiger partial charge on any atom is 0.264 e. The first-order chi connectivity index (χ1) is 13.3. The van der Waals surface area contributed by atoms with E-state index in [1.165, 1.54) is 73.8 Å². The Morgan fingerprint density at radius 1 is 1.00 bits per heavy atom. The standard InChI is InChI=1S/C20H16ClFN2O3S/c1-24(28(26,27)19-11-7-15(21)8-12-19)18-9-5-14(6-10-18)20(25)23-17-4-2-3-16(22)13-17/h2-13H,1H3,(H,23,25). The number of rotatable bonds is 5. The lowest BCUT2D eigenvalue weighted by Gasteiger charge is -2.19. The minimum atomic E-state index is -3.76. The third-order valence-corrected chi connectivity index (χ3v) is 6.10. The van der Waals surface area contributed by atoms with Gasteiger partial charge in [0.25, 0.3) is 15.9 Å². The molecule has 3 aromatic rings. The number of sulfonamides is 1. The number of carbonyl (C=O) groups excluding carboxylic acids is 1. The van der Waals surface area contributed by atoms with Crippen LogP contribution in [0, 0.1) is 5.82 Å². The Morgan fingerprint density at radius 2 is 1.64 bits per heavy atom. The molecule has 0 spiro atoms. The Balaban J connectivity index is 1.77. The number of hydrogen-bond acceptors (Lipinski definition) is 3. The summed E-state index contributed by atoms with van der Waals surface area (Å²) in [5.74, 6) is -0.887. The van der Waals surface area contributed by atoms with Crippen molar-refractivity contribution in [3.63, 3.8) is 0 Å². The van der Waals surface area contributed by atoms with Gasteiger partial charge in [0, 0.05) is 23.3 Å². The summed E-state index contributed by atoms with van der Waals surface area (Å²) in [5, 5.41) is 3.03. The van der Waals surface area contributed by atoms with Crippen LogP contribution in [-0.4, -0.2) is 21.4 Å². The smallest absolute Gasteiger partial charge is 0.264 e. The molecule has 8 heteroatoms. The van der Waals surface area contributed by atoms with Crippen LogP contribution in [0.2, 0.25) is 5.02 Å². The molecule has 0 saturated carbocycles. The molecule has 28 heavy (non-hydrogen) atoms. The second-order valence-corrected chi connectivity index (χ2v) is 8.34. The molecule has 3 aromatic carbocycles. The molecule has 144 valence electrons.